The molecule has 0 aromatic heterocycles. The van der Waals surface area contributed by atoms with E-state index in [0.717, 1.165) is 13.0 Å². The fourth-order valence-corrected chi connectivity index (χ4v) is 3.44. The summed E-state index contributed by atoms with van der Waals surface area (Å²) in [5.41, 5.74) is -0.0426. The third kappa shape index (κ3) is 6.09. The standard InChI is InChI=1S/C20H28F3N3O4/c1-24(2)9-4-10-25(3)15-5-6-16(18(27)28)17(13-15)26(19(29)20(21,22)23)14-7-11-30-12-8-14/h5-6,13-14H,4,7-12H2,1-3H3,(H,27,28). The van der Waals surface area contributed by atoms with Crippen LogP contribution in [0.3, 0.4) is 0 Å². The molecule has 1 saturated heterocycles. The van der Waals surface area contributed by atoms with Crippen LogP contribution < -0.4 is 9.80 Å². The summed E-state index contributed by atoms with van der Waals surface area (Å²) < 4.78 is 45.4. The van der Waals surface area contributed by atoms with E-state index < -0.39 is 24.1 Å². The number of halogens is 3. The van der Waals surface area contributed by atoms with Gasteiger partial charge in [-0.05, 0) is 58.1 Å². The summed E-state index contributed by atoms with van der Waals surface area (Å²) in [6.07, 6.45) is -3.92. The fourth-order valence-electron chi connectivity index (χ4n) is 3.44. The predicted octanol–water partition coefficient (Wildman–Crippen LogP) is 2.85. The molecule has 1 aliphatic rings. The van der Waals surface area contributed by atoms with Crippen molar-refractivity contribution in [2.75, 3.05) is 57.2 Å². The van der Waals surface area contributed by atoms with Crippen molar-refractivity contribution in [2.45, 2.75) is 31.5 Å². The molecule has 1 aromatic rings. The second-order valence-electron chi connectivity index (χ2n) is 7.60. The van der Waals surface area contributed by atoms with Gasteiger partial charge in [-0.2, -0.15) is 13.2 Å². The first kappa shape index (κ1) is 23.9. The third-order valence-electron chi connectivity index (χ3n) is 5.03. The smallest absolute Gasteiger partial charge is 0.471 e. The lowest BCUT2D eigenvalue weighted by Crippen LogP contribution is -2.50. The molecule has 1 aliphatic heterocycles. The minimum atomic E-state index is -5.12. The molecule has 0 bridgehead atoms. The Balaban J connectivity index is 2.46. The van der Waals surface area contributed by atoms with Crippen molar-refractivity contribution in [2.24, 2.45) is 0 Å². The van der Waals surface area contributed by atoms with Gasteiger partial charge in [0, 0.05) is 38.5 Å². The number of amides is 1. The van der Waals surface area contributed by atoms with Gasteiger partial charge in [-0.25, -0.2) is 4.79 Å². The molecule has 2 rings (SSSR count). The highest BCUT2D eigenvalue weighted by atomic mass is 19.4. The topological polar surface area (TPSA) is 73.3 Å². The Labute approximate surface area is 174 Å². The number of nitrogens with zero attached hydrogens (tertiary/aromatic N) is 3. The van der Waals surface area contributed by atoms with E-state index in [0.29, 0.717) is 17.1 Å². The second-order valence-corrected chi connectivity index (χ2v) is 7.60. The minimum Gasteiger partial charge on any atom is -0.478 e. The second kappa shape index (κ2) is 10.1. The summed E-state index contributed by atoms with van der Waals surface area (Å²) in [6.45, 7) is 1.86. The van der Waals surface area contributed by atoms with Crippen LogP contribution in [-0.4, -0.2) is 81.5 Å². The summed E-state index contributed by atoms with van der Waals surface area (Å²) in [7, 11) is 5.65. The highest BCUT2D eigenvalue weighted by Crippen LogP contribution is 2.34. The third-order valence-corrected chi connectivity index (χ3v) is 5.03. The molecule has 0 atom stereocenters. The van der Waals surface area contributed by atoms with Crippen molar-refractivity contribution in [3.8, 4) is 0 Å². The maximum atomic E-state index is 13.4. The molecule has 0 saturated carbocycles. The van der Waals surface area contributed by atoms with Crippen molar-refractivity contribution in [3.05, 3.63) is 23.8 Å². The van der Waals surface area contributed by atoms with Crippen molar-refractivity contribution >= 4 is 23.3 Å². The molecule has 7 nitrogen and oxygen atoms in total. The SMILES string of the molecule is CN(C)CCCN(C)c1ccc(C(=O)O)c(N(C(=O)C(F)(F)F)C2CCOCC2)c1. The lowest BCUT2D eigenvalue weighted by atomic mass is 10.0. The first-order valence-corrected chi connectivity index (χ1v) is 9.73. The first-order chi connectivity index (χ1) is 14.0. The number of carbonyl (C=O) groups is 2. The number of aromatic carboxylic acids is 1. The van der Waals surface area contributed by atoms with Crippen LogP contribution in [0.2, 0.25) is 0 Å². The summed E-state index contributed by atoms with van der Waals surface area (Å²) in [4.78, 5) is 28.5. The average molecular weight is 431 g/mol. The van der Waals surface area contributed by atoms with E-state index >= 15 is 0 Å². The van der Waals surface area contributed by atoms with E-state index in [1.807, 2.05) is 23.9 Å². The lowest BCUT2D eigenvalue weighted by molar-refractivity contribution is -0.171. The highest BCUT2D eigenvalue weighted by molar-refractivity contribution is 6.04. The summed E-state index contributed by atoms with van der Waals surface area (Å²) >= 11 is 0. The van der Waals surface area contributed by atoms with Crippen LogP contribution in [0.4, 0.5) is 24.5 Å². The molecule has 168 valence electrons. The zero-order chi connectivity index (χ0) is 22.5. The van der Waals surface area contributed by atoms with Gasteiger partial charge < -0.3 is 24.5 Å². The van der Waals surface area contributed by atoms with Crippen LogP contribution in [0.5, 0.6) is 0 Å². The monoisotopic (exact) mass is 431 g/mol. The molecule has 1 fully saturated rings. The maximum absolute atomic E-state index is 13.4. The predicted molar refractivity (Wildman–Crippen MR) is 107 cm³/mol. The van der Waals surface area contributed by atoms with Gasteiger partial charge in [-0.1, -0.05) is 0 Å². The molecule has 0 spiro atoms. The molecular formula is C20H28F3N3O4. The van der Waals surface area contributed by atoms with Gasteiger partial charge in [0.05, 0.1) is 11.3 Å². The highest BCUT2D eigenvalue weighted by Gasteiger charge is 2.46. The quantitative estimate of drug-likeness (QED) is 0.683. The van der Waals surface area contributed by atoms with E-state index in [1.165, 1.54) is 12.1 Å². The average Bonchev–Trinajstić information content (AvgIpc) is 2.67. The minimum absolute atomic E-state index is 0.198. The van der Waals surface area contributed by atoms with E-state index in [1.54, 1.807) is 13.1 Å². The molecule has 0 radical (unpaired) electrons. The molecule has 10 heteroatoms. The normalized spacial score (nSPS) is 15.3. The molecule has 30 heavy (non-hydrogen) atoms. The van der Waals surface area contributed by atoms with Crippen LogP contribution in [0.25, 0.3) is 0 Å². The zero-order valence-electron chi connectivity index (χ0n) is 17.4. The van der Waals surface area contributed by atoms with Gasteiger partial charge >= 0.3 is 18.1 Å². The maximum Gasteiger partial charge on any atom is 0.471 e. The molecule has 0 unspecified atom stereocenters. The van der Waals surface area contributed by atoms with Crippen LogP contribution in [0.1, 0.15) is 29.6 Å². The molecule has 1 N–H and O–H groups in total. The Hall–Kier alpha value is -2.33. The Kier molecular flexibility index (Phi) is 8.08. The number of carboxylic acid groups (broad SMARTS) is 1. The Morgan fingerprint density at radius 1 is 1.13 bits per heavy atom. The van der Waals surface area contributed by atoms with Gasteiger partial charge in [-0.3, -0.25) is 4.79 Å². The van der Waals surface area contributed by atoms with Crippen molar-refractivity contribution in [1.82, 2.24) is 4.90 Å². The number of carboxylic acids is 1. The number of hydrogen-bond donors (Lipinski definition) is 1. The van der Waals surface area contributed by atoms with Gasteiger partial charge in [0.25, 0.3) is 0 Å². The Morgan fingerprint density at radius 3 is 2.30 bits per heavy atom. The van der Waals surface area contributed by atoms with Crippen molar-refractivity contribution < 1.29 is 32.6 Å². The lowest BCUT2D eigenvalue weighted by Gasteiger charge is -2.36. The summed E-state index contributed by atoms with van der Waals surface area (Å²) in [6, 6.07) is 3.37. The number of hydrogen-bond acceptors (Lipinski definition) is 5. The van der Waals surface area contributed by atoms with Gasteiger partial charge in [0.2, 0.25) is 0 Å². The van der Waals surface area contributed by atoms with E-state index in [4.69, 9.17) is 4.74 Å². The van der Waals surface area contributed by atoms with E-state index in [9.17, 15) is 27.9 Å². The van der Waals surface area contributed by atoms with E-state index in [-0.39, 0.29) is 37.3 Å². The number of anilines is 2. The van der Waals surface area contributed by atoms with Crippen LogP contribution in [0, 0.1) is 0 Å². The number of benzene rings is 1. The molecule has 1 aromatic carbocycles. The van der Waals surface area contributed by atoms with Gasteiger partial charge in [0.15, 0.2) is 0 Å². The number of ether oxygens (including phenoxy) is 1. The van der Waals surface area contributed by atoms with Crippen molar-refractivity contribution in [3.63, 3.8) is 0 Å². The number of rotatable bonds is 8. The summed E-state index contributed by atoms with van der Waals surface area (Å²) in [5, 5.41) is 9.57. The number of carbonyl (C=O) groups excluding carboxylic acids is 1. The van der Waals surface area contributed by atoms with Crippen LogP contribution in [0.15, 0.2) is 18.2 Å². The first-order valence-electron chi connectivity index (χ1n) is 9.73. The fraction of sp³-hybridized carbons (Fsp3) is 0.600. The molecule has 0 aliphatic carbocycles. The Morgan fingerprint density at radius 2 is 1.77 bits per heavy atom. The van der Waals surface area contributed by atoms with Crippen LogP contribution >= 0.6 is 0 Å². The summed E-state index contributed by atoms with van der Waals surface area (Å²) in [5.74, 6) is -3.46. The van der Waals surface area contributed by atoms with Gasteiger partial charge in [0.1, 0.15) is 0 Å². The zero-order valence-corrected chi connectivity index (χ0v) is 17.4. The number of alkyl halides is 3. The van der Waals surface area contributed by atoms with Crippen molar-refractivity contribution in [1.29, 1.82) is 0 Å². The molecule has 1 heterocycles. The Bertz CT molecular complexity index is 749. The largest absolute Gasteiger partial charge is 0.478 e. The molecular weight excluding hydrogens is 403 g/mol. The van der Waals surface area contributed by atoms with E-state index in [2.05, 4.69) is 0 Å². The molecule has 1 amide bonds. The van der Waals surface area contributed by atoms with Gasteiger partial charge in [-0.15, -0.1) is 0 Å². The van der Waals surface area contributed by atoms with Crippen LogP contribution in [-0.2, 0) is 9.53 Å².